The van der Waals surface area contributed by atoms with Gasteiger partial charge in [-0.3, -0.25) is 0 Å². The van der Waals surface area contributed by atoms with Crippen molar-refractivity contribution in [2.75, 3.05) is 0 Å². The molecule has 0 heterocycles. The molecule has 4 rings (SSSR count). The van der Waals surface area contributed by atoms with Crippen molar-refractivity contribution in [2.45, 2.75) is 123 Å². The second-order valence-corrected chi connectivity index (χ2v) is 17.8. The summed E-state index contributed by atoms with van der Waals surface area (Å²) in [4.78, 5) is 0. The summed E-state index contributed by atoms with van der Waals surface area (Å²) in [6.45, 7) is 17.1. The summed E-state index contributed by atoms with van der Waals surface area (Å²) in [6.07, 6.45) is 12.0. The second-order valence-electron chi connectivity index (χ2n) is 13.0. The zero-order chi connectivity index (χ0) is 20.5. The summed E-state index contributed by atoms with van der Waals surface area (Å²) < 4.78 is 7.06. The highest BCUT2D eigenvalue weighted by Gasteiger charge is 2.61. The largest absolute Gasteiger partial charge is 0.413 e. The van der Waals surface area contributed by atoms with Crippen molar-refractivity contribution in [2.24, 2.45) is 34.5 Å². The molecule has 1 N–H and O–H groups in total. The Morgan fingerprint density at radius 2 is 1.46 bits per heavy atom. The predicted molar refractivity (Wildman–Crippen MR) is 120 cm³/mol. The van der Waals surface area contributed by atoms with Gasteiger partial charge >= 0.3 is 0 Å². The molecule has 0 spiro atoms. The summed E-state index contributed by atoms with van der Waals surface area (Å²) in [6, 6.07) is 0. The van der Waals surface area contributed by atoms with E-state index < -0.39 is 8.32 Å². The van der Waals surface area contributed by atoms with Gasteiger partial charge in [-0.2, -0.15) is 0 Å². The highest BCUT2D eigenvalue weighted by atomic mass is 28.4. The zero-order valence-corrected chi connectivity index (χ0v) is 20.7. The van der Waals surface area contributed by atoms with Crippen molar-refractivity contribution in [3.05, 3.63) is 0 Å². The molecule has 2 nitrogen and oxygen atoms in total. The lowest BCUT2D eigenvalue weighted by molar-refractivity contribution is -0.148. The molecule has 0 aromatic carbocycles. The maximum absolute atomic E-state index is 10.7. The molecule has 4 fully saturated rings. The molecule has 0 aromatic heterocycles. The van der Waals surface area contributed by atoms with Crippen molar-refractivity contribution in [3.8, 4) is 0 Å². The topological polar surface area (TPSA) is 29.5 Å². The Hall–Kier alpha value is 0.137. The van der Waals surface area contributed by atoms with Crippen LogP contribution in [0.5, 0.6) is 0 Å². The zero-order valence-electron chi connectivity index (χ0n) is 19.7. The van der Waals surface area contributed by atoms with Crippen molar-refractivity contribution >= 4 is 8.32 Å². The van der Waals surface area contributed by atoms with E-state index in [0.29, 0.717) is 27.9 Å². The van der Waals surface area contributed by atoms with Gasteiger partial charge in [0.25, 0.3) is 0 Å². The van der Waals surface area contributed by atoms with Gasteiger partial charge in [-0.1, -0.05) is 41.0 Å². The summed E-state index contributed by atoms with van der Waals surface area (Å²) in [5.74, 6) is 3.12. The van der Waals surface area contributed by atoms with Crippen LogP contribution in [0.3, 0.4) is 0 Å². The molecule has 4 saturated carbocycles. The number of fused-ring (bicyclic) bond motifs is 5. The third-order valence-corrected chi connectivity index (χ3v) is 15.3. The molecule has 3 unspecified atom stereocenters. The van der Waals surface area contributed by atoms with Crippen LogP contribution in [0, 0.1) is 34.5 Å². The van der Waals surface area contributed by atoms with Gasteiger partial charge in [0, 0.05) is 0 Å². The lowest BCUT2D eigenvalue weighted by Gasteiger charge is -2.61. The first-order valence-electron chi connectivity index (χ1n) is 12.3. The Morgan fingerprint density at radius 3 is 2.14 bits per heavy atom. The van der Waals surface area contributed by atoms with E-state index in [2.05, 4.69) is 47.7 Å². The van der Waals surface area contributed by atoms with Crippen molar-refractivity contribution in [1.29, 1.82) is 0 Å². The standard InChI is InChI=1S/C25H46O2Si/c1-23(2,3)28(6,7)27-22-13-12-18-17-10-11-20-21(26)9-8-15-24(20,4)19(17)14-16-25(18,22)5/h17-22,26H,8-16H2,1-7H3/t17-,18-,19-,20?,21?,22?,24+,25-/m0/s1. The van der Waals surface area contributed by atoms with E-state index in [1.54, 1.807) is 0 Å². The number of hydrogen-bond donors (Lipinski definition) is 1. The van der Waals surface area contributed by atoms with Gasteiger partial charge in [0.2, 0.25) is 0 Å². The molecule has 0 amide bonds. The van der Waals surface area contributed by atoms with Crippen LogP contribution in [-0.2, 0) is 4.43 Å². The van der Waals surface area contributed by atoms with Crippen LogP contribution in [0.2, 0.25) is 18.1 Å². The third kappa shape index (κ3) is 3.09. The number of aliphatic hydroxyl groups is 1. The molecule has 0 saturated heterocycles. The second kappa shape index (κ2) is 6.82. The van der Waals surface area contributed by atoms with Crippen LogP contribution in [-0.4, -0.2) is 25.6 Å². The average Bonchev–Trinajstić information content (AvgIpc) is 2.90. The molecule has 8 atom stereocenters. The molecule has 0 bridgehead atoms. The number of rotatable bonds is 2. The summed E-state index contributed by atoms with van der Waals surface area (Å²) in [7, 11) is -1.72. The minimum Gasteiger partial charge on any atom is -0.413 e. The average molecular weight is 407 g/mol. The lowest BCUT2D eigenvalue weighted by Crippen LogP contribution is -2.57. The molecular weight excluding hydrogens is 360 g/mol. The van der Waals surface area contributed by atoms with E-state index in [9.17, 15) is 5.11 Å². The third-order valence-electron chi connectivity index (χ3n) is 10.8. The van der Waals surface area contributed by atoms with Crippen LogP contribution in [0.15, 0.2) is 0 Å². The van der Waals surface area contributed by atoms with E-state index in [1.165, 1.54) is 51.4 Å². The highest BCUT2D eigenvalue weighted by molar-refractivity contribution is 6.74. The summed E-state index contributed by atoms with van der Waals surface area (Å²) in [5.41, 5.74) is 0.771. The van der Waals surface area contributed by atoms with Gasteiger partial charge in [0.05, 0.1) is 12.2 Å². The van der Waals surface area contributed by atoms with Crippen molar-refractivity contribution in [1.82, 2.24) is 0 Å². The maximum Gasteiger partial charge on any atom is 0.192 e. The molecule has 3 heteroatoms. The molecule has 4 aliphatic carbocycles. The first-order valence-corrected chi connectivity index (χ1v) is 15.2. The maximum atomic E-state index is 10.7. The molecule has 4 aliphatic rings. The van der Waals surface area contributed by atoms with Crippen LogP contribution in [0.25, 0.3) is 0 Å². The monoisotopic (exact) mass is 406 g/mol. The molecule has 0 radical (unpaired) electrons. The normalized spacial score (nSPS) is 49.3. The first-order chi connectivity index (χ1) is 12.9. The van der Waals surface area contributed by atoms with Gasteiger partial charge < -0.3 is 9.53 Å². The Bertz CT molecular complexity index is 596. The Morgan fingerprint density at radius 1 is 0.821 bits per heavy atom. The van der Waals surface area contributed by atoms with Crippen LogP contribution < -0.4 is 0 Å². The molecule has 0 aliphatic heterocycles. The van der Waals surface area contributed by atoms with E-state index >= 15 is 0 Å². The SMILES string of the molecule is CC(C)(C)[Si](C)(C)OC1CC[C@H]2[C@@H]3CCC4C(O)CCC[C@]4(C)[C@H]3CC[C@]12C. The van der Waals surface area contributed by atoms with Gasteiger partial charge in [-0.25, -0.2) is 0 Å². The highest BCUT2D eigenvalue weighted by Crippen LogP contribution is 2.67. The van der Waals surface area contributed by atoms with Crippen LogP contribution in [0.1, 0.15) is 92.4 Å². The molecule has 0 aromatic rings. The van der Waals surface area contributed by atoms with Crippen molar-refractivity contribution in [3.63, 3.8) is 0 Å². The van der Waals surface area contributed by atoms with E-state index in [-0.39, 0.29) is 6.10 Å². The fourth-order valence-corrected chi connectivity index (χ4v) is 9.51. The fourth-order valence-electron chi connectivity index (χ4n) is 8.06. The molecule has 28 heavy (non-hydrogen) atoms. The van der Waals surface area contributed by atoms with E-state index in [0.717, 1.165) is 24.2 Å². The predicted octanol–water partition coefficient (Wildman–Crippen LogP) is 6.78. The minimum atomic E-state index is -1.72. The quantitative estimate of drug-likeness (QED) is 0.512. The van der Waals surface area contributed by atoms with E-state index in [4.69, 9.17) is 4.43 Å². The Labute approximate surface area is 175 Å². The lowest BCUT2D eigenvalue weighted by atomic mass is 9.45. The number of aliphatic hydroxyl groups excluding tert-OH is 1. The van der Waals surface area contributed by atoms with Crippen LogP contribution >= 0.6 is 0 Å². The number of hydrogen-bond acceptors (Lipinski definition) is 2. The fraction of sp³-hybridized carbons (Fsp3) is 1.00. The van der Waals surface area contributed by atoms with Gasteiger partial charge in [-0.05, 0) is 104 Å². The first kappa shape index (κ1) is 21.4. The molecular formula is C25H46O2Si. The summed E-state index contributed by atoms with van der Waals surface area (Å²) in [5, 5.41) is 11.0. The van der Waals surface area contributed by atoms with E-state index in [1.807, 2.05) is 0 Å². The smallest absolute Gasteiger partial charge is 0.192 e. The summed E-state index contributed by atoms with van der Waals surface area (Å²) >= 11 is 0. The Balaban J connectivity index is 1.56. The van der Waals surface area contributed by atoms with Gasteiger partial charge in [0.15, 0.2) is 8.32 Å². The Kier molecular flexibility index (Phi) is 5.21. The van der Waals surface area contributed by atoms with Gasteiger partial charge in [0.1, 0.15) is 0 Å². The van der Waals surface area contributed by atoms with Crippen molar-refractivity contribution < 1.29 is 9.53 Å². The minimum absolute atomic E-state index is 0.0359. The van der Waals surface area contributed by atoms with Gasteiger partial charge in [-0.15, -0.1) is 0 Å². The molecule has 162 valence electrons. The van der Waals surface area contributed by atoms with Crippen LogP contribution in [0.4, 0.5) is 0 Å².